The van der Waals surface area contributed by atoms with Gasteiger partial charge >= 0.3 is 0 Å². The highest BCUT2D eigenvalue weighted by molar-refractivity contribution is 5.85. The molecule has 0 saturated heterocycles. The van der Waals surface area contributed by atoms with E-state index in [0.29, 0.717) is 5.92 Å². The number of aliphatic hydroxyl groups is 1. The van der Waals surface area contributed by atoms with E-state index in [1.165, 1.54) is 16.8 Å². The van der Waals surface area contributed by atoms with E-state index < -0.39 is 0 Å². The molecule has 1 aliphatic carbocycles. The van der Waals surface area contributed by atoms with Crippen LogP contribution in [0.4, 0.5) is 5.69 Å². The van der Waals surface area contributed by atoms with Crippen molar-refractivity contribution in [1.29, 1.82) is 0 Å². The van der Waals surface area contributed by atoms with Crippen LogP contribution in [-0.4, -0.2) is 19.2 Å². The first-order valence-corrected chi connectivity index (χ1v) is 7.67. The lowest BCUT2D eigenvalue weighted by atomic mass is 9.78. The standard InChI is InChI=1S/C19H23NO.ClH/c1-20(2)17-11-7-14(8-12-17)13-16-10-9-15-5-3-4-6-18(15)19(16)21;/h3-8,11-12,16,19,21H,9-10,13H2,1-2H3;1H. The fraction of sp³-hybridized carbons (Fsp3) is 0.368. The maximum absolute atomic E-state index is 10.6. The van der Waals surface area contributed by atoms with Gasteiger partial charge < -0.3 is 10.0 Å². The summed E-state index contributed by atoms with van der Waals surface area (Å²) in [4.78, 5) is 2.11. The molecule has 0 saturated carbocycles. The molecule has 0 fully saturated rings. The Morgan fingerprint density at radius 3 is 2.41 bits per heavy atom. The lowest BCUT2D eigenvalue weighted by molar-refractivity contribution is 0.0936. The Balaban J connectivity index is 0.00000176. The van der Waals surface area contributed by atoms with Crippen LogP contribution in [0.15, 0.2) is 48.5 Å². The normalized spacial score (nSPS) is 20.0. The fourth-order valence-electron chi connectivity index (χ4n) is 3.25. The summed E-state index contributed by atoms with van der Waals surface area (Å²) in [5.41, 5.74) is 4.96. The smallest absolute Gasteiger partial charge is 0.0824 e. The molecule has 2 atom stereocenters. The number of benzene rings is 2. The molecule has 0 radical (unpaired) electrons. The molecule has 0 aliphatic heterocycles. The molecule has 22 heavy (non-hydrogen) atoms. The molecule has 3 heteroatoms. The molecule has 2 aromatic carbocycles. The Bertz CT molecular complexity index is 609. The molecule has 2 aromatic rings. The summed E-state index contributed by atoms with van der Waals surface area (Å²) in [6.07, 6.45) is 2.76. The van der Waals surface area contributed by atoms with Gasteiger partial charge in [0, 0.05) is 19.8 Å². The minimum atomic E-state index is -0.330. The van der Waals surface area contributed by atoms with E-state index >= 15 is 0 Å². The van der Waals surface area contributed by atoms with Gasteiger partial charge in [-0.05, 0) is 54.0 Å². The second kappa shape index (κ2) is 7.17. The number of aliphatic hydroxyl groups excluding tert-OH is 1. The van der Waals surface area contributed by atoms with Crippen LogP contribution in [0.5, 0.6) is 0 Å². The second-order valence-corrected chi connectivity index (χ2v) is 6.21. The summed E-state index contributed by atoms with van der Waals surface area (Å²) in [6, 6.07) is 17.0. The third-order valence-corrected chi connectivity index (χ3v) is 4.56. The highest BCUT2D eigenvalue weighted by atomic mass is 35.5. The van der Waals surface area contributed by atoms with Gasteiger partial charge in [-0.15, -0.1) is 12.4 Å². The van der Waals surface area contributed by atoms with Crippen LogP contribution < -0.4 is 4.90 Å². The van der Waals surface area contributed by atoms with E-state index in [-0.39, 0.29) is 18.5 Å². The quantitative estimate of drug-likeness (QED) is 0.924. The van der Waals surface area contributed by atoms with E-state index in [1.54, 1.807) is 0 Å². The van der Waals surface area contributed by atoms with Crippen LogP contribution in [0, 0.1) is 5.92 Å². The summed E-state index contributed by atoms with van der Waals surface area (Å²) < 4.78 is 0. The third-order valence-electron chi connectivity index (χ3n) is 4.56. The number of hydrogen-bond donors (Lipinski definition) is 1. The molecule has 1 N–H and O–H groups in total. The fourth-order valence-corrected chi connectivity index (χ4v) is 3.25. The van der Waals surface area contributed by atoms with Gasteiger partial charge in [0.25, 0.3) is 0 Å². The maximum atomic E-state index is 10.6. The van der Waals surface area contributed by atoms with Crippen molar-refractivity contribution in [1.82, 2.24) is 0 Å². The first kappa shape index (κ1) is 16.9. The highest BCUT2D eigenvalue weighted by Crippen LogP contribution is 2.36. The van der Waals surface area contributed by atoms with Crippen molar-refractivity contribution in [2.45, 2.75) is 25.4 Å². The molecule has 0 amide bonds. The largest absolute Gasteiger partial charge is 0.388 e. The van der Waals surface area contributed by atoms with Crippen molar-refractivity contribution in [2.75, 3.05) is 19.0 Å². The van der Waals surface area contributed by atoms with Crippen LogP contribution in [0.2, 0.25) is 0 Å². The Morgan fingerprint density at radius 1 is 1.05 bits per heavy atom. The minimum absolute atomic E-state index is 0. The van der Waals surface area contributed by atoms with Gasteiger partial charge in [-0.2, -0.15) is 0 Å². The molecular formula is C19H24ClNO. The predicted octanol–water partition coefficient (Wildman–Crippen LogP) is 4.01. The van der Waals surface area contributed by atoms with Gasteiger partial charge in [-0.1, -0.05) is 36.4 Å². The molecule has 0 heterocycles. The maximum Gasteiger partial charge on any atom is 0.0824 e. The van der Waals surface area contributed by atoms with Crippen LogP contribution in [0.25, 0.3) is 0 Å². The molecule has 0 aromatic heterocycles. The summed E-state index contributed by atoms with van der Waals surface area (Å²) in [6.45, 7) is 0. The van der Waals surface area contributed by atoms with Crippen LogP contribution in [0.3, 0.4) is 0 Å². The van der Waals surface area contributed by atoms with E-state index in [2.05, 4.69) is 61.5 Å². The molecule has 3 rings (SSSR count). The molecule has 1 aliphatic rings. The number of anilines is 1. The van der Waals surface area contributed by atoms with Crippen LogP contribution >= 0.6 is 12.4 Å². The minimum Gasteiger partial charge on any atom is -0.388 e. The number of rotatable bonds is 3. The van der Waals surface area contributed by atoms with Crippen LogP contribution in [-0.2, 0) is 12.8 Å². The van der Waals surface area contributed by atoms with Gasteiger partial charge in [0.05, 0.1) is 6.10 Å². The van der Waals surface area contributed by atoms with E-state index in [9.17, 15) is 5.11 Å². The Morgan fingerprint density at radius 2 is 1.73 bits per heavy atom. The average Bonchev–Trinajstić information content (AvgIpc) is 2.51. The van der Waals surface area contributed by atoms with Gasteiger partial charge in [-0.3, -0.25) is 0 Å². The molecule has 0 spiro atoms. The van der Waals surface area contributed by atoms with Crippen molar-refractivity contribution in [2.24, 2.45) is 5.92 Å². The lowest BCUT2D eigenvalue weighted by Gasteiger charge is -2.30. The van der Waals surface area contributed by atoms with Gasteiger partial charge in [0.2, 0.25) is 0 Å². The van der Waals surface area contributed by atoms with Crippen molar-refractivity contribution in [3.05, 3.63) is 65.2 Å². The predicted molar refractivity (Wildman–Crippen MR) is 94.9 cm³/mol. The van der Waals surface area contributed by atoms with Crippen molar-refractivity contribution < 1.29 is 5.11 Å². The molecule has 118 valence electrons. The monoisotopic (exact) mass is 317 g/mol. The average molecular weight is 318 g/mol. The summed E-state index contributed by atoms with van der Waals surface area (Å²) >= 11 is 0. The van der Waals surface area contributed by atoms with E-state index in [1.807, 2.05) is 6.07 Å². The summed E-state index contributed by atoms with van der Waals surface area (Å²) in [5, 5.41) is 10.6. The van der Waals surface area contributed by atoms with E-state index in [4.69, 9.17) is 0 Å². The topological polar surface area (TPSA) is 23.5 Å². The van der Waals surface area contributed by atoms with Gasteiger partial charge in [-0.25, -0.2) is 0 Å². The third kappa shape index (κ3) is 3.45. The zero-order valence-corrected chi connectivity index (χ0v) is 14.0. The van der Waals surface area contributed by atoms with Gasteiger partial charge in [0.1, 0.15) is 0 Å². The zero-order valence-electron chi connectivity index (χ0n) is 13.2. The number of aryl methyl sites for hydroxylation is 1. The Kier molecular flexibility index (Phi) is 5.49. The highest BCUT2D eigenvalue weighted by Gasteiger charge is 2.27. The molecular weight excluding hydrogens is 294 g/mol. The Labute approximate surface area is 139 Å². The van der Waals surface area contributed by atoms with Crippen molar-refractivity contribution >= 4 is 18.1 Å². The second-order valence-electron chi connectivity index (χ2n) is 6.21. The number of fused-ring (bicyclic) bond motifs is 1. The van der Waals surface area contributed by atoms with Crippen molar-refractivity contribution in [3.63, 3.8) is 0 Å². The molecule has 2 unspecified atom stereocenters. The number of nitrogens with zero attached hydrogens (tertiary/aromatic N) is 1. The Hall–Kier alpha value is -1.51. The SMILES string of the molecule is CN(C)c1ccc(CC2CCc3ccccc3C2O)cc1.Cl. The van der Waals surface area contributed by atoms with Gasteiger partial charge in [0.15, 0.2) is 0 Å². The summed E-state index contributed by atoms with van der Waals surface area (Å²) in [7, 11) is 4.10. The lowest BCUT2D eigenvalue weighted by Crippen LogP contribution is -2.22. The molecule has 0 bridgehead atoms. The first-order chi connectivity index (χ1) is 10.1. The first-order valence-electron chi connectivity index (χ1n) is 7.67. The van der Waals surface area contributed by atoms with Crippen LogP contribution in [0.1, 0.15) is 29.2 Å². The zero-order chi connectivity index (χ0) is 14.8. The number of halogens is 1. The van der Waals surface area contributed by atoms with Crippen molar-refractivity contribution in [3.8, 4) is 0 Å². The van der Waals surface area contributed by atoms with E-state index in [0.717, 1.165) is 24.8 Å². The number of hydrogen-bond acceptors (Lipinski definition) is 2. The summed E-state index contributed by atoms with van der Waals surface area (Å²) in [5.74, 6) is 0.324. The molecule has 2 nitrogen and oxygen atoms in total.